The van der Waals surface area contributed by atoms with Crippen LogP contribution in [0.2, 0.25) is 0 Å². The average Bonchev–Trinajstić information content (AvgIpc) is 2.84. The van der Waals surface area contributed by atoms with Gasteiger partial charge in [-0.15, -0.1) is 0 Å². The maximum Gasteiger partial charge on any atom is 0.0804 e. The van der Waals surface area contributed by atoms with Crippen molar-refractivity contribution in [3.63, 3.8) is 0 Å². The molecule has 2 N–H and O–H groups in total. The minimum absolute atomic E-state index is 0.0151. The summed E-state index contributed by atoms with van der Waals surface area (Å²) in [5, 5.41) is 23.2. The van der Waals surface area contributed by atoms with Crippen LogP contribution in [0.3, 0.4) is 0 Å². The van der Waals surface area contributed by atoms with Crippen LogP contribution in [0.1, 0.15) is 37.2 Å². The Kier molecular flexibility index (Phi) is 7.18. The van der Waals surface area contributed by atoms with Crippen LogP contribution in [-0.2, 0) is 9.47 Å². The van der Waals surface area contributed by atoms with Gasteiger partial charge in [-0.25, -0.2) is 0 Å². The van der Waals surface area contributed by atoms with E-state index in [0.29, 0.717) is 0 Å². The second-order valence-electron chi connectivity index (χ2n) is 7.98. The molecule has 4 nitrogen and oxygen atoms in total. The molecule has 2 atom stereocenters. The zero-order chi connectivity index (χ0) is 22.5. The number of rotatable bonds is 9. The van der Waals surface area contributed by atoms with E-state index in [1.54, 1.807) is 0 Å². The van der Waals surface area contributed by atoms with Crippen LogP contribution < -0.4 is 0 Å². The van der Waals surface area contributed by atoms with Crippen molar-refractivity contribution in [2.45, 2.75) is 26.1 Å². The molecule has 4 aromatic carbocycles. The lowest BCUT2D eigenvalue weighted by molar-refractivity contribution is 0.0379. The molecule has 4 rings (SSSR count). The van der Waals surface area contributed by atoms with Gasteiger partial charge in [-0.3, -0.25) is 0 Å². The first-order chi connectivity index (χ1) is 15.7. The highest BCUT2D eigenvalue weighted by atomic mass is 16.5. The summed E-state index contributed by atoms with van der Waals surface area (Å²) in [4.78, 5) is 0. The predicted octanol–water partition coefficient (Wildman–Crippen LogP) is 5.80. The highest BCUT2D eigenvalue weighted by Gasteiger charge is 2.22. The van der Waals surface area contributed by atoms with Crippen molar-refractivity contribution in [3.8, 4) is 11.1 Å². The minimum Gasteiger partial charge on any atom is -0.394 e. The normalized spacial score (nSPS) is 13.5. The molecule has 0 amide bonds. The Morgan fingerprint density at radius 2 is 1.00 bits per heavy atom. The zero-order valence-corrected chi connectivity index (χ0v) is 18.6. The molecule has 0 heterocycles. The molecule has 32 heavy (non-hydrogen) atoms. The maximum atomic E-state index is 9.30. The molecule has 0 aromatic heterocycles. The van der Waals surface area contributed by atoms with Gasteiger partial charge in [-0.05, 0) is 57.6 Å². The van der Waals surface area contributed by atoms with Crippen LogP contribution in [0.25, 0.3) is 32.7 Å². The summed E-state index contributed by atoms with van der Waals surface area (Å²) in [6, 6.07) is 25.3. The van der Waals surface area contributed by atoms with Gasteiger partial charge in [0, 0.05) is 0 Å². The summed E-state index contributed by atoms with van der Waals surface area (Å²) >= 11 is 0. The highest BCUT2D eigenvalue weighted by Crippen LogP contribution is 2.43. The van der Waals surface area contributed by atoms with E-state index < -0.39 is 0 Å². The van der Waals surface area contributed by atoms with E-state index >= 15 is 0 Å². The third-order valence-electron chi connectivity index (χ3n) is 5.97. The molecule has 0 aliphatic carbocycles. The smallest absolute Gasteiger partial charge is 0.0804 e. The molecular weight excluding hydrogens is 400 g/mol. The Balaban J connectivity index is 2.05. The number of hydrogen-bond donors (Lipinski definition) is 2. The molecule has 0 aliphatic heterocycles. The zero-order valence-electron chi connectivity index (χ0n) is 18.6. The van der Waals surface area contributed by atoms with Crippen molar-refractivity contribution < 1.29 is 19.7 Å². The van der Waals surface area contributed by atoms with Gasteiger partial charge in [0.05, 0.1) is 38.6 Å². The molecule has 0 aliphatic rings. The van der Waals surface area contributed by atoms with Gasteiger partial charge in [0.15, 0.2) is 0 Å². The van der Waals surface area contributed by atoms with Crippen molar-refractivity contribution in [1.29, 1.82) is 0 Å². The summed E-state index contributed by atoms with van der Waals surface area (Å²) in [5.41, 5.74) is 4.40. The van der Waals surface area contributed by atoms with Gasteiger partial charge in [0.25, 0.3) is 0 Å². The van der Waals surface area contributed by atoms with E-state index in [1.165, 1.54) is 0 Å². The van der Waals surface area contributed by atoms with Crippen molar-refractivity contribution in [3.05, 3.63) is 83.9 Å². The quantitative estimate of drug-likeness (QED) is 0.352. The monoisotopic (exact) mass is 430 g/mol. The molecule has 4 aromatic rings. The van der Waals surface area contributed by atoms with E-state index in [-0.39, 0.29) is 38.6 Å². The van der Waals surface area contributed by atoms with Gasteiger partial charge in [0.2, 0.25) is 0 Å². The number of aliphatic hydroxyl groups excluding tert-OH is 2. The van der Waals surface area contributed by atoms with E-state index in [9.17, 15) is 10.2 Å². The highest BCUT2D eigenvalue weighted by molar-refractivity contribution is 6.08. The summed E-state index contributed by atoms with van der Waals surface area (Å²) in [6.45, 7) is 4.59. The first-order valence-electron chi connectivity index (χ1n) is 11.1. The van der Waals surface area contributed by atoms with Crippen LogP contribution >= 0.6 is 0 Å². The molecule has 0 saturated heterocycles. The first-order valence-corrected chi connectivity index (χ1v) is 11.1. The summed E-state index contributed by atoms with van der Waals surface area (Å²) in [7, 11) is 0. The fourth-order valence-electron chi connectivity index (χ4n) is 4.45. The van der Waals surface area contributed by atoms with Crippen LogP contribution in [0.4, 0.5) is 0 Å². The molecule has 0 spiro atoms. The summed E-state index contributed by atoms with van der Waals surface area (Å²) < 4.78 is 11.9. The average molecular weight is 431 g/mol. The molecule has 0 saturated carbocycles. The standard InChI is InChI=1S/C28H30O4/c1-19(31-17-15-29)23-13-11-21-7-3-5-9-25(21)27(23)28-24(20(2)32-18-16-30)14-12-22-8-4-6-10-26(22)28/h3-14,19-20,29-30H,15-18H2,1-2H3. The Bertz CT molecular complexity index is 1110. The van der Waals surface area contributed by atoms with Crippen LogP contribution in [0.15, 0.2) is 72.8 Å². The topological polar surface area (TPSA) is 58.9 Å². The first kappa shape index (κ1) is 22.4. The second-order valence-corrected chi connectivity index (χ2v) is 7.98. The van der Waals surface area contributed by atoms with E-state index in [4.69, 9.17) is 9.47 Å². The number of hydrogen-bond acceptors (Lipinski definition) is 4. The van der Waals surface area contributed by atoms with Crippen molar-refractivity contribution in [1.82, 2.24) is 0 Å². The second kappa shape index (κ2) is 10.2. The van der Waals surface area contributed by atoms with Crippen LogP contribution in [0, 0.1) is 0 Å². The molecule has 4 heteroatoms. The van der Waals surface area contributed by atoms with E-state index in [0.717, 1.165) is 43.8 Å². The van der Waals surface area contributed by atoms with Crippen LogP contribution in [0.5, 0.6) is 0 Å². The van der Waals surface area contributed by atoms with Crippen molar-refractivity contribution in [2.75, 3.05) is 26.4 Å². The summed E-state index contributed by atoms with van der Waals surface area (Å²) in [5.74, 6) is 0. The molecule has 166 valence electrons. The number of ether oxygens (including phenoxy) is 2. The Hall–Kier alpha value is -2.76. The predicted molar refractivity (Wildman–Crippen MR) is 130 cm³/mol. The van der Waals surface area contributed by atoms with Gasteiger partial charge >= 0.3 is 0 Å². The number of fused-ring (bicyclic) bond motifs is 2. The molecule has 2 unspecified atom stereocenters. The fourth-order valence-corrected chi connectivity index (χ4v) is 4.45. The summed E-state index contributed by atoms with van der Waals surface area (Å²) in [6.07, 6.45) is -0.385. The van der Waals surface area contributed by atoms with Crippen molar-refractivity contribution in [2.24, 2.45) is 0 Å². The number of benzene rings is 4. The lowest BCUT2D eigenvalue weighted by atomic mass is 9.84. The third-order valence-corrected chi connectivity index (χ3v) is 5.97. The SMILES string of the molecule is CC(OCCO)c1ccc2ccccc2c1-c1c(C(C)OCCO)ccc2ccccc12. The lowest BCUT2D eigenvalue weighted by Gasteiger charge is -2.24. The van der Waals surface area contributed by atoms with Gasteiger partial charge < -0.3 is 19.7 Å². The van der Waals surface area contributed by atoms with Gasteiger partial charge in [0.1, 0.15) is 0 Å². The molecule has 0 fully saturated rings. The Morgan fingerprint density at radius 3 is 1.41 bits per heavy atom. The molecular formula is C28H30O4. The molecule has 0 bridgehead atoms. The van der Waals surface area contributed by atoms with E-state index in [2.05, 4.69) is 72.8 Å². The largest absolute Gasteiger partial charge is 0.394 e. The van der Waals surface area contributed by atoms with Gasteiger partial charge in [-0.1, -0.05) is 72.8 Å². The van der Waals surface area contributed by atoms with Crippen LogP contribution in [-0.4, -0.2) is 36.6 Å². The fraction of sp³-hybridized carbons (Fsp3) is 0.286. The maximum absolute atomic E-state index is 9.30. The lowest BCUT2D eigenvalue weighted by Crippen LogP contribution is -2.09. The van der Waals surface area contributed by atoms with Crippen molar-refractivity contribution >= 4 is 21.5 Å². The third kappa shape index (κ3) is 4.41. The number of aliphatic hydroxyl groups is 2. The minimum atomic E-state index is -0.192. The Labute approximate surface area is 189 Å². The van der Waals surface area contributed by atoms with E-state index in [1.807, 2.05) is 13.8 Å². The molecule has 0 radical (unpaired) electrons. The Morgan fingerprint density at radius 1 is 0.594 bits per heavy atom. The van der Waals surface area contributed by atoms with Gasteiger partial charge in [-0.2, -0.15) is 0 Å².